The van der Waals surface area contributed by atoms with Crippen LogP contribution in [0.4, 0.5) is 13.6 Å². The number of alkyl halides is 2. The van der Waals surface area contributed by atoms with Gasteiger partial charge in [-0.15, -0.1) is 0 Å². The molecule has 2 bridgehead atoms. The molecule has 1 aromatic carbocycles. The molecule has 1 unspecified atom stereocenters. The summed E-state index contributed by atoms with van der Waals surface area (Å²) in [5, 5.41) is 5.33. The summed E-state index contributed by atoms with van der Waals surface area (Å²) in [6.07, 6.45) is 1.22. The predicted octanol–water partition coefficient (Wildman–Crippen LogP) is 4.41. The number of carbonyl (C=O) groups is 4. The molecule has 1 aromatic heterocycles. The van der Waals surface area contributed by atoms with Gasteiger partial charge in [-0.25, -0.2) is 32.0 Å². The third-order valence-corrected chi connectivity index (χ3v) is 15.4. The van der Waals surface area contributed by atoms with Crippen molar-refractivity contribution < 1.29 is 50.6 Å². The lowest BCUT2D eigenvalue weighted by Crippen LogP contribution is -2.61. The van der Waals surface area contributed by atoms with Gasteiger partial charge in [0.05, 0.1) is 35.4 Å². The lowest BCUT2D eigenvalue weighted by atomic mass is 9.85. The van der Waals surface area contributed by atoms with Gasteiger partial charge in [0.25, 0.3) is 5.91 Å². The maximum absolute atomic E-state index is 15.0. The van der Waals surface area contributed by atoms with Crippen LogP contribution in [0.5, 0.6) is 11.6 Å². The van der Waals surface area contributed by atoms with E-state index < -0.39 is 92.4 Å². The van der Waals surface area contributed by atoms with E-state index in [0.717, 1.165) is 25.7 Å². The Kier molecular flexibility index (Phi) is 10.5. The van der Waals surface area contributed by atoms with Gasteiger partial charge in [-0.05, 0) is 94.1 Å². The molecule has 8 atom stereocenters. The number of fused-ring (bicyclic) bond motifs is 5. The molecule has 15 nitrogen and oxygen atoms in total. The summed E-state index contributed by atoms with van der Waals surface area (Å²) in [4.78, 5) is 68.1. The molecule has 4 saturated carbocycles. The first-order chi connectivity index (χ1) is 27.8. The molecule has 8 rings (SSSR count). The van der Waals surface area contributed by atoms with Gasteiger partial charge in [0.15, 0.2) is 0 Å². The smallest absolute Gasteiger partial charge is 0.408 e. The molecule has 1 saturated heterocycles. The number of methoxy groups -OCH3 is 1. The van der Waals surface area contributed by atoms with Crippen LogP contribution in [0.15, 0.2) is 18.2 Å². The second-order valence-electron chi connectivity index (χ2n) is 18.8. The van der Waals surface area contributed by atoms with E-state index in [1.54, 1.807) is 40.0 Å². The number of rotatable bonds is 8. The van der Waals surface area contributed by atoms with E-state index in [2.05, 4.69) is 10.6 Å². The molecule has 2 aromatic rings. The average molecular weight is 845 g/mol. The number of aryl methyl sites for hydroxylation is 1. The molecular formula is C41H54F2N6O9S. The van der Waals surface area contributed by atoms with E-state index >= 15 is 0 Å². The largest absolute Gasteiger partial charge is 0.497 e. The van der Waals surface area contributed by atoms with Gasteiger partial charge in [-0.3, -0.25) is 19.1 Å². The second kappa shape index (κ2) is 15.0. The highest BCUT2D eigenvalue weighted by atomic mass is 32.2. The minimum Gasteiger partial charge on any atom is -0.497 e. The summed E-state index contributed by atoms with van der Waals surface area (Å²) in [6.45, 7) is 6.61. The number of hydrogen-bond acceptors (Lipinski definition) is 11. The highest BCUT2D eigenvalue weighted by Crippen LogP contribution is 2.51. The zero-order valence-electron chi connectivity index (χ0n) is 34.1. The van der Waals surface area contributed by atoms with Gasteiger partial charge < -0.3 is 29.7 Å². The van der Waals surface area contributed by atoms with Crippen molar-refractivity contribution in [2.45, 2.75) is 139 Å². The minimum absolute atomic E-state index is 0.137. The van der Waals surface area contributed by atoms with Crippen molar-refractivity contribution in [3.05, 3.63) is 23.9 Å². The van der Waals surface area contributed by atoms with E-state index in [0.29, 0.717) is 61.0 Å². The normalized spacial score (nSPS) is 32.0. The number of ether oxygens (including phenoxy) is 3. The maximum atomic E-state index is 15.0. The summed E-state index contributed by atoms with van der Waals surface area (Å²) in [6, 6.07) is 2.81. The Morgan fingerprint density at radius 3 is 2.41 bits per heavy atom. The molecular weight excluding hydrogens is 791 g/mol. The van der Waals surface area contributed by atoms with Crippen LogP contribution in [0, 0.1) is 29.1 Å². The van der Waals surface area contributed by atoms with Crippen LogP contribution in [-0.4, -0.2) is 102 Å². The first-order valence-electron chi connectivity index (χ1n) is 20.8. The fraction of sp³-hybridized carbons (Fsp3) is 0.707. The van der Waals surface area contributed by atoms with Crippen molar-refractivity contribution >= 4 is 44.9 Å². The Hall–Kier alpha value is -4.35. The van der Waals surface area contributed by atoms with Crippen LogP contribution in [0.3, 0.4) is 0 Å². The molecule has 6 aliphatic rings. The van der Waals surface area contributed by atoms with Gasteiger partial charge in [0.2, 0.25) is 34.1 Å². The first-order valence-corrected chi connectivity index (χ1v) is 22.3. The number of alkyl carbamates (subject to hydrolysis) is 1. The summed E-state index contributed by atoms with van der Waals surface area (Å²) in [7, 11) is -2.70. The summed E-state index contributed by atoms with van der Waals surface area (Å²) >= 11 is 0. The molecule has 2 aliphatic heterocycles. The molecule has 0 spiro atoms. The van der Waals surface area contributed by atoms with E-state index in [1.165, 1.54) is 11.8 Å². The topological polar surface area (TPSA) is 195 Å². The highest BCUT2D eigenvalue weighted by molar-refractivity contribution is 7.91. The quantitative estimate of drug-likeness (QED) is 0.341. The Labute approximate surface area is 342 Å². The Bertz CT molecular complexity index is 2140. The SMILES string of the molecule is COc1ccc2nc3c(nc2c1)O[C@H]1CN(C(=O)[C@H](C(C)(C)C)NC(=O)O[C@@H]2CC2CCCCC3)[C@H](C(=O)N[C@]2(C(=O)NS(=O)(=O)C3(C)CC3)C[C@H]2C(F)F)[C@@H]1C1CC1. The highest BCUT2D eigenvalue weighted by Gasteiger charge is 2.68. The number of benzene rings is 1. The van der Waals surface area contributed by atoms with Crippen LogP contribution < -0.4 is 24.8 Å². The fourth-order valence-electron chi connectivity index (χ4n) is 8.90. The van der Waals surface area contributed by atoms with Gasteiger partial charge >= 0.3 is 6.09 Å². The van der Waals surface area contributed by atoms with Crippen LogP contribution in [-0.2, 0) is 35.6 Å². The second-order valence-corrected chi connectivity index (χ2v) is 21.0. The number of hydrogen-bond donors (Lipinski definition) is 3. The third-order valence-electron chi connectivity index (χ3n) is 13.3. The van der Waals surface area contributed by atoms with Crippen molar-refractivity contribution in [1.29, 1.82) is 0 Å². The summed E-state index contributed by atoms with van der Waals surface area (Å²) in [5.41, 5.74) is -1.37. The van der Waals surface area contributed by atoms with E-state index in [-0.39, 0.29) is 30.4 Å². The maximum Gasteiger partial charge on any atom is 0.408 e. The van der Waals surface area contributed by atoms with Gasteiger partial charge in [-0.1, -0.05) is 33.6 Å². The lowest BCUT2D eigenvalue weighted by molar-refractivity contribution is -0.144. The fourth-order valence-corrected chi connectivity index (χ4v) is 10.2. The molecule has 18 heteroatoms. The third kappa shape index (κ3) is 8.13. The van der Waals surface area contributed by atoms with Crippen molar-refractivity contribution in [2.24, 2.45) is 29.1 Å². The standard InChI is InChI=1S/C41H54F2N6O9S/c1-39(2,3)32-36(51)49-20-29(30(21-11-12-21)31(49)34(50)47-41(19-24(41)33(42)43)37(52)48-59(54,55)40(4)15-16-40)57-35-26(44-25-14-13-23(56-5)18-27(25)45-35)10-8-6-7-9-22-17-28(22)58-38(53)46-32/h13-14,18,21-22,24,28-33H,6-12,15-17,19-20H2,1-5H3,(H,46,53)(H,47,50)(H,48,52)/t22?,24-,28+,29-,30+,31-,32+,41+/m0/s1. The Morgan fingerprint density at radius 2 is 1.76 bits per heavy atom. The van der Waals surface area contributed by atoms with Gasteiger partial charge in [0.1, 0.15) is 41.3 Å². The van der Waals surface area contributed by atoms with E-state index in [9.17, 15) is 36.4 Å². The van der Waals surface area contributed by atoms with Crippen LogP contribution in [0.2, 0.25) is 0 Å². The zero-order chi connectivity index (χ0) is 42.2. The monoisotopic (exact) mass is 844 g/mol. The predicted molar refractivity (Wildman–Crippen MR) is 209 cm³/mol. The van der Waals surface area contributed by atoms with Crippen LogP contribution >= 0.6 is 0 Å². The van der Waals surface area contributed by atoms with Crippen molar-refractivity contribution in [3.8, 4) is 11.6 Å². The van der Waals surface area contributed by atoms with Crippen molar-refractivity contribution in [2.75, 3.05) is 13.7 Å². The van der Waals surface area contributed by atoms with Crippen LogP contribution in [0.25, 0.3) is 11.0 Å². The van der Waals surface area contributed by atoms with E-state index in [1.807, 2.05) is 10.8 Å². The molecule has 3 heterocycles. The zero-order valence-corrected chi connectivity index (χ0v) is 34.9. The van der Waals surface area contributed by atoms with Gasteiger partial charge in [-0.2, -0.15) is 0 Å². The number of sulfonamides is 1. The summed E-state index contributed by atoms with van der Waals surface area (Å²) < 4.78 is 73.9. The molecule has 59 heavy (non-hydrogen) atoms. The number of amides is 4. The Morgan fingerprint density at radius 1 is 1.02 bits per heavy atom. The molecule has 4 amide bonds. The van der Waals surface area contributed by atoms with Crippen molar-refractivity contribution in [3.63, 3.8) is 0 Å². The minimum atomic E-state index is -4.24. The number of halogens is 2. The van der Waals surface area contributed by atoms with Gasteiger partial charge in [0, 0.05) is 12.0 Å². The molecule has 0 radical (unpaired) electrons. The molecule has 4 aliphatic carbocycles. The van der Waals surface area contributed by atoms with Crippen LogP contribution in [0.1, 0.15) is 97.6 Å². The average Bonchev–Trinajstić information content (AvgIpc) is 3.97. The number of nitrogens with one attached hydrogen (secondary N) is 3. The first kappa shape index (κ1) is 41.4. The van der Waals surface area contributed by atoms with Crippen molar-refractivity contribution in [1.82, 2.24) is 30.2 Å². The molecule has 5 fully saturated rings. The molecule has 322 valence electrons. The van der Waals surface area contributed by atoms with E-state index in [4.69, 9.17) is 24.2 Å². The Balaban J connectivity index is 1.18. The number of nitrogens with zero attached hydrogens (tertiary/aromatic N) is 3. The molecule has 3 N–H and O–H groups in total. The summed E-state index contributed by atoms with van der Waals surface area (Å²) in [5.74, 6) is -4.26. The number of aromatic nitrogens is 2. The number of carbonyl (C=O) groups excluding carboxylic acids is 4. The lowest BCUT2D eigenvalue weighted by Gasteiger charge is -2.36.